The molecule has 0 atom stereocenters. The summed E-state index contributed by atoms with van der Waals surface area (Å²) in [4.78, 5) is 0. The van der Waals surface area contributed by atoms with E-state index in [1.54, 1.807) is 0 Å². The molecule has 0 aliphatic heterocycles. The van der Waals surface area contributed by atoms with E-state index in [2.05, 4.69) is 11.9 Å². The van der Waals surface area contributed by atoms with Crippen molar-refractivity contribution in [1.29, 1.82) is 0 Å². The van der Waals surface area contributed by atoms with Crippen molar-refractivity contribution in [2.75, 3.05) is 13.6 Å². The third-order valence-electron chi connectivity index (χ3n) is 1.85. The second-order valence-electron chi connectivity index (χ2n) is 2.79. The lowest BCUT2D eigenvalue weighted by atomic mass is 10.1. The van der Waals surface area contributed by atoms with Gasteiger partial charge in [-0.05, 0) is 38.8 Å². The summed E-state index contributed by atoms with van der Waals surface area (Å²) in [6.07, 6.45) is 3.95. The highest BCUT2D eigenvalue weighted by Gasteiger charge is 2.23. The highest BCUT2D eigenvalue weighted by atomic mass is 14.8. The van der Waals surface area contributed by atoms with Gasteiger partial charge in [-0.3, -0.25) is 0 Å². The summed E-state index contributed by atoms with van der Waals surface area (Å²) >= 11 is 0. The Morgan fingerprint density at radius 1 is 1.67 bits per heavy atom. The minimum absolute atomic E-state index is 0.887. The molecule has 1 fully saturated rings. The van der Waals surface area contributed by atoms with Gasteiger partial charge in [0, 0.05) is 0 Å². The van der Waals surface area contributed by atoms with Gasteiger partial charge in [-0.2, -0.15) is 0 Å². The van der Waals surface area contributed by atoms with E-state index < -0.39 is 0 Å². The van der Waals surface area contributed by atoms with Crippen molar-refractivity contribution in [2.24, 2.45) is 5.92 Å². The van der Waals surface area contributed by atoms with E-state index in [-0.39, 0.29) is 0 Å². The molecule has 0 aromatic carbocycles. The van der Waals surface area contributed by atoms with Crippen LogP contribution >= 0.6 is 0 Å². The molecule has 0 amide bonds. The average molecular weight is 125 g/mol. The molecule has 1 rings (SSSR count). The van der Waals surface area contributed by atoms with Crippen molar-refractivity contribution < 1.29 is 0 Å². The van der Waals surface area contributed by atoms with Crippen LogP contribution in [0.3, 0.4) is 0 Å². The summed E-state index contributed by atoms with van der Waals surface area (Å²) in [5.41, 5.74) is 1.45. The second-order valence-corrected chi connectivity index (χ2v) is 2.79. The molecule has 0 aromatic heterocycles. The largest absolute Gasteiger partial charge is 0.319 e. The molecule has 1 aliphatic rings. The molecule has 0 aromatic rings. The van der Waals surface area contributed by atoms with Crippen LogP contribution in [0.15, 0.2) is 12.2 Å². The summed E-state index contributed by atoms with van der Waals surface area (Å²) in [6, 6.07) is 0. The lowest BCUT2D eigenvalue weighted by molar-refractivity contribution is 0.754. The van der Waals surface area contributed by atoms with E-state index in [4.69, 9.17) is 0 Å². The van der Waals surface area contributed by atoms with Crippen molar-refractivity contribution in [3.63, 3.8) is 0 Å². The fourth-order valence-electron chi connectivity index (χ4n) is 0.981. The van der Waals surface area contributed by atoms with E-state index in [9.17, 15) is 0 Å². The van der Waals surface area contributed by atoms with Crippen molar-refractivity contribution in [2.45, 2.75) is 19.3 Å². The monoisotopic (exact) mass is 125 g/mol. The van der Waals surface area contributed by atoms with Crippen LogP contribution < -0.4 is 5.32 Å². The van der Waals surface area contributed by atoms with Crippen LogP contribution in [-0.4, -0.2) is 13.6 Å². The first-order chi connectivity index (χ1) is 4.34. The van der Waals surface area contributed by atoms with E-state index in [1.807, 2.05) is 7.05 Å². The minimum atomic E-state index is 0.887. The van der Waals surface area contributed by atoms with Gasteiger partial charge in [0.2, 0.25) is 0 Å². The highest BCUT2D eigenvalue weighted by Crippen LogP contribution is 2.36. The standard InChI is InChI=1S/C8H15N/c1-7(5-6-9-2)8-3-4-8/h8-9H,1,3-6H2,2H3. The van der Waals surface area contributed by atoms with Gasteiger partial charge < -0.3 is 5.32 Å². The molecule has 52 valence electrons. The Balaban J connectivity index is 2.03. The van der Waals surface area contributed by atoms with E-state index in [1.165, 1.54) is 24.8 Å². The van der Waals surface area contributed by atoms with Crippen LogP contribution in [0.1, 0.15) is 19.3 Å². The van der Waals surface area contributed by atoms with Crippen LogP contribution in [0.25, 0.3) is 0 Å². The zero-order valence-electron chi connectivity index (χ0n) is 6.11. The Labute approximate surface area is 57.1 Å². The first-order valence-electron chi connectivity index (χ1n) is 3.67. The van der Waals surface area contributed by atoms with Crippen molar-refractivity contribution >= 4 is 0 Å². The molecule has 0 saturated heterocycles. The molecule has 1 nitrogen and oxygen atoms in total. The third kappa shape index (κ3) is 2.19. The molecular formula is C8H15N. The molecular weight excluding hydrogens is 110 g/mol. The minimum Gasteiger partial charge on any atom is -0.319 e. The van der Waals surface area contributed by atoms with Crippen LogP contribution in [0.2, 0.25) is 0 Å². The van der Waals surface area contributed by atoms with E-state index in [0.717, 1.165) is 12.5 Å². The van der Waals surface area contributed by atoms with Crippen LogP contribution in [0.5, 0.6) is 0 Å². The first-order valence-corrected chi connectivity index (χ1v) is 3.67. The fraction of sp³-hybridized carbons (Fsp3) is 0.750. The summed E-state index contributed by atoms with van der Waals surface area (Å²) in [5.74, 6) is 0.887. The molecule has 9 heavy (non-hydrogen) atoms. The number of rotatable bonds is 4. The summed E-state index contributed by atoms with van der Waals surface area (Å²) in [6.45, 7) is 5.11. The second kappa shape index (κ2) is 3.02. The maximum absolute atomic E-state index is 4.01. The van der Waals surface area contributed by atoms with Gasteiger partial charge >= 0.3 is 0 Å². The Bertz CT molecular complexity index is 103. The van der Waals surface area contributed by atoms with Gasteiger partial charge in [-0.25, -0.2) is 0 Å². The van der Waals surface area contributed by atoms with Crippen LogP contribution in [0.4, 0.5) is 0 Å². The predicted octanol–water partition coefficient (Wildman–Crippen LogP) is 1.56. The first kappa shape index (κ1) is 6.81. The maximum atomic E-state index is 4.01. The fourth-order valence-corrected chi connectivity index (χ4v) is 0.981. The maximum Gasteiger partial charge on any atom is -0.00146 e. The van der Waals surface area contributed by atoms with Crippen molar-refractivity contribution in [1.82, 2.24) is 5.32 Å². The number of nitrogens with one attached hydrogen (secondary N) is 1. The zero-order chi connectivity index (χ0) is 6.69. The average Bonchev–Trinajstić information content (AvgIpc) is 2.63. The Hall–Kier alpha value is -0.300. The van der Waals surface area contributed by atoms with Gasteiger partial charge in [0.1, 0.15) is 0 Å². The lowest BCUT2D eigenvalue weighted by Gasteiger charge is -2.00. The quantitative estimate of drug-likeness (QED) is 0.562. The van der Waals surface area contributed by atoms with Crippen molar-refractivity contribution in [3.05, 3.63) is 12.2 Å². The SMILES string of the molecule is C=C(CCNC)C1CC1. The smallest absolute Gasteiger partial charge is 0.00146 e. The van der Waals surface area contributed by atoms with Gasteiger partial charge in [0.25, 0.3) is 0 Å². The van der Waals surface area contributed by atoms with Gasteiger partial charge in [-0.1, -0.05) is 12.2 Å². The Morgan fingerprint density at radius 2 is 2.33 bits per heavy atom. The van der Waals surface area contributed by atoms with Crippen LogP contribution in [0, 0.1) is 5.92 Å². The van der Waals surface area contributed by atoms with Gasteiger partial charge in [-0.15, -0.1) is 0 Å². The Kier molecular flexibility index (Phi) is 2.29. The summed E-state index contributed by atoms with van der Waals surface area (Å²) < 4.78 is 0. The lowest BCUT2D eigenvalue weighted by Crippen LogP contribution is -2.08. The third-order valence-corrected chi connectivity index (χ3v) is 1.85. The molecule has 1 heteroatoms. The summed E-state index contributed by atoms with van der Waals surface area (Å²) in [5, 5.41) is 3.12. The van der Waals surface area contributed by atoms with Gasteiger partial charge in [0.15, 0.2) is 0 Å². The molecule has 0 unspecified atom stereocenters. The molecule has 0 bridgehead atoms. The topological polar surface area (TPSA) is 12.0 Å². The van der Waals surface area contributed by atoms with Crippen molar-refractivity contribution in [3.8, 4) is 0 Å². The highest BCUT2D eigenvalue weighted by molar-refractivity contribution is 5.07. The summed E-state index contributed by atoms with van der Waals surface area (Å²) in [7, 11) is 1.99. The number of hydrogen-bond acceptors (Lipinski definition) is 1. The number of hydrogen-bond donors (Lipinski definition) is 1. The Morgan fingerprint density at radius 3 is 2.78 bits per heavy atom. The zero-order valence-corrected chi connectivity index (χ0v) is 6.11. The predicted molar refractivity (Wildman–Crippen MR) is 40.4 cm³/mol. The molecule has 1 N–H and O–H groups in total. The molecule has 0 spiro atoms. The molecule has 1 aliphatic carbocycles. The molecule has 1 saturated carbocycles. The van der Waals surface area contributed by atoms with Crippen LogP contribution in [-0.2, 0) is 0 Å². The van der Waals surface area contributed by atoms with Gasteiger partial charge in [0.05, 0.1) is 0 Å². The van der Waals surface area contributed by atoms with E-state index in [0.29, 0.717) is 0 Å². The van der Waals surface area contributed by atoms with E-state index >= 15 is 0 Å². The molecule has 0 heterocycles. The molecule has 0 radical (unpaired) electrons. The normalized spacial score (nSPS) is 17.9.